The summed E-state index contributed by atoms with van der Waals surface area (Å²) in [4.78, 5) is 12.5. The summed E-state index contributed by atoms with van der Waals surface area (Å²) in [5.41, 5.74) is 0.980. The molecule has 0 saturated carbocycles. The lowest BCUT2D eigenvalue weighted by Gasteiger charge is -2.10. The number of sulfonamides is 2. The van der Waals surface area contributed by atoms with Gasteiger partial charge >= 0.3 is 0 Å². The van der Waals surface area contributed by atoms with Crippen molar-refractivity contribution in [3.05, 3.63) is 83.4 Å². The van der Waals surface area contributed by atoms with Gasteiger partial charge in [-0.3, -0.25) is 9.52 Å². The fraction of sp³-hybridized carbons (Fsp3) is 0.0500. The topological polar surface area (TPSA) is 121 Å². The van der Waals surface area contributed by atoms with E-state index in [4.69, 9.17) is 11.6 Å². The summed E-state index contributed by atoms with van der Waals surface area (Å²) in [7, 11) is -6.10. The third kappa shape index (κ3) is 5.61. The van der Waals surface area contributed by atoms with Crippen molar-refractivity contribution in [1.29, 1.82) is 0 Å². The van der Waals surface area contributed by atoms with Gasteiger partial charge in [-0.15, -0.1) is 0 Å². The van der Waals surface area contributed by atoms with Gasteiger partial charge in [0.1, 0.15) is 0 Å². The number of hydrogen-bond acceptors (Lipinski definition) is 5. The van der Waals surface area contributed by atoms with Gasteiger partial charge in [-0.05, 0) is 79.8 Å². The molecule has 0 aromatic heterocycles. The first kappa shape index (κ1) is 22.8. The molecule has 0 aliphatic carbocycles. The van der Waals surface area contributed by atoms with Crippen LogP contribution in [0.1, 0.15) is 10.4 Å². The zero-order valence-electron chi connectivity index (χ0n) is 16.2. The second-order valence-electron chi connectivity index (χ2n) is 6.32. The van der Waals surface area contributed by atoms with Crippen LogP contribution in [0.25, 0.3) is 0 Å². The molecular formula is C20H18ClN3O5S2. The van der Waals surface area contributed by atoms with E-state index in [1.165, 1.54) is 67.7 Å². The van der Waals surface area contributed by atoms with Gasteiger partial charge in [0.15, 0.2) is 0 Å². The summed E-state index contributed by atoms with van der Waals surface area (Å²) in [5, 5.41) is 3.11. The fourth-order valence-corrected chi connectivity index (χ4v) is 4.47. The molecule has 8 nitrogen and oxygen atoms in total. The van der Waals surface area contributed by atoms with Crippen molar-refractivity contribution in [3.63, 3.8) is 0 Å². The minimum Gasteiger partial charge on any atom is -0.322 e. The predicted octanol–water partition coefficient (Wildman–Crippen LogP) is 3.30. The number of amides is 1. The monoisotopic (exact) mass is 479 g/mol. The maximum absolute atomic E-state index is 12.5. The Bertz CT molecular complexity index is 1290. The van der Waals surface area contributed by atoms with Gasteiger partial charge in [-0.1, -0.05) is 11.6 Å². The summed E-state index contributed by atoms with van der Waals surface area (Å²) in [6.45, 7) is 0. The third-order valence-electron chi connectivity index (χ3n) is 4.21. The number of benzene rings is 3. The molecule has 0 heterocycles. The van der Waals surface area contributed by atoms with Crippen LogP contribution in [0.2, 0.25) is 5.02 Å². The van der Waals surface area contributed by atoms with E-state index in [9.17, 15) is 21.6 Å². The van der Waals surface area contributed by atoms with Crippen LogP contribution in [0.4, 0.5) is 11.4 Å². The molecule has 0 aliphatic heterocycles. The fourth-order valence-electron chi connectivity index (χ4n) is 2.56. The van der Waals surface area contributed by atoms with E-state index in [0.29, 0.717) is 16.4 Å². The minimum atomic E-state index is -3.84. The van der Waals surface area contributed by atoms with Crippen molar-refractivity contribution in [1.82, 2.24) is 4.72 Å². The van der Waals surface area contributed by atoms with Gasteiger partial charge in [0.05, 0.1) is 9.79 Å². The molecule has 0 saturated heterocycles. The highest BCUT2D eigenvalue weighted by Gasteiger charge is 2.16. The van der Waals surface area contributed by atoms with Crippen LogP contribution in [0, 0.1) is 0 Å². The number of hydrogen-bond donors (Lipinski definition) is 3. The number of nitrogens with one attached hydrogen (secondary N) is 3. The highest BCUT2D eigenvalue weighted by molar-refractivity contribution is 7.92. The van der Waals surface area contributed by atoms with E-state index >= 15 is 0 Å². The summed E-state index contributed by atoms with van der Waals surface area (Å²) < 4.78 is 53.1. The smallest absolute Gasteiger partial charge is 0.261 e. The van der Waals surface area contributed by atoms with Crippen molar-refractivity contribution in [2.24, 2.45) is 0 Å². The van der Waals surface area contributed by atoms with Crippen LogP contribution in [0.5, 0.6) is 0 Å². The van der Waals surface area contributed by atoms with Crippen molar-refractivity contribution in [2.45, 2.75) is 9.79 Å². The zero-order valence-corrected chi connectivity index (χ0v) is 18.6. The lowest BCUT2D eigenvalue weighted by molar-refractivity contribution is 0.102. The number of anilines is 2. The maximum atomic E-state index is 12.5. The first-order valence-corrected chi connectivity index (χ1v) is 12.2. The molecule has 1 amide bonds. The molecule has 3 aromatic carbocycles. The average Bonchev–Trinajstić information content (AvgIpc) is 2.75. The van der Waals surface area contributed by atoms with Crippen molar-refractivity contribution < 1.29 is 21.6 Å². The zero-order chi connectivity index (χ0) is 22.6. The van der Waals surface area contributed by atoms with E-state index < -0.39 is 26.0 Å². The SMILES string of the molecule is CNS(=O)(=O)c1ccc(NC(=O)c2ccc(S(=O)(=O)Nc3ccc(Cl)cc3)cc2)cc1. The minimum absolute atomic E-state index is 0.0133. The number of carbonyl (C=O) groups is 1. The molecule has 0 bridgehead atoms. The average molecular weight is 480 g/mol. The first-order valence-electron chi connectivity index (χ1n) is 8.84. The van der Waals surface area contributed by atoms with E-state index in [0.717, 1.165) is 0 Å². The van der Waals surface area contributed by atoms with Gasteiger partial charge < -0.3 is 5.32 Å². The molecule has 0 aliphatic rings. The quantitative estimate of drug-likeness (QED) is 0.480. The Morgan fingerprint density at radius 1 is 0.710 bits per heavy atom. The van der Waals surface area contributed by atoms with E-state index in [2.05, 4.69) is 14.8 Å². The Kier molecular flexibility index (Phi) is 6.65. The van der Waals surface area contributed by atoms with Gasteiger partial charge in [-0.2, -0.15) is 0 Å². The molecule has 162 valence electrons. The van der Waals surface area contributed by atoms with Crippen LogP contribution in [0.3, 0.4) is 0 Å². The Hall–Kier alpha value is -2.92. The van der Waals surface area contributed by atoms with Crippen LogP contribution in [-0.2, 0) is 20.0 Å². The summed E-state index contributed by atoms with van der Waals surface area (Å²) in [6.07, 6.45) is 0. The highest BCUT2D eigenvalue weighted by Crippen LogP contribution is 2.20. The van der Waals surface area contributed by atoms with Gasteiger partial charge in [0, 0.05) is 22.0 Å². The Labute approximate surface area is 185 Å². The van der Waals surface area contributed by atoms with Crippen LogP contribution >= 0.6 is 11.6 Å². The van der Waals surface area contributed by atoms with E-state index in [1.54, 1.807) is 12.1 Å². The molecule has 0 fully saturated rings. The van der Waals surface area contributed by atoms with Gasteiger partial charge in [0.25, 0.3) is 15.9 Å². The lowest BCUT2D eigenvalue weighted by Crippen LogP contribution is -2.18. The summed E-state index contributed by atoms with van der Waals surface area (Å²) in [6, 6.07) is 17.2. The molecule has 0 atom stereocenters. The van der Waals surface area contributed by atoms with Gasteiger partial charge in [0.2, 0.25) is 10.0 Å². The van der Waals surface area contributed by atoms with Crippen molar-refractivity contribution in [2.75, 3.05) is 17.1 Å². The molecule has 3 N–H and O–H groups in total. The second-order valence-corrected chi connectivity index (χ2v) is 10.3. The largest absolute Gasteiger partial charge is 0.322 e. The molecule has 31 heavy (non-hydrogen) atoms. The number of halogens is 1. The molecule has 0 radical (unpaired) electrons. The molecular weight excluding hydrogens is 462 g/mol. The Balaban J connectivity index is 1.70. The summed E-state index contributed by atoms with van der Waals surface area (Å²) in [5.74, 6) is -0.473. The van der Waals surface area contributed by atoms with Gasteiger partial charge in [-0.25, -0.2) is 21.6 Å². The highest BCUT2D eigenvalue weighted by atomic mass is 35.5. The molecule has 3 aromatic rings. The third-order valence-corrected chi connectivity index (χ3v) is 7.29. The van der Waals surface area contributed by atoms with E-state index in [-0.39, 0.29) is 15.4 Å². The Morgan fingerprint density at radius 2 is 1.19 bits per heavy atom. The van der Waals surface area contributed by atoms with Crippen LogP contribution in [0.15, 0.2) is 82.6 Å². The van der Waals surface area contributed by atoms with Crippen molar-refractivity contribution >= 4 is 48.9 Å². The van der Waals surface area contributed by atoms with E-state index in [1.807, 2.05) is 0 Å². The Morgan fingerprint density at radius 3 is 1.74 bits per heavy atom. The maximum Gasteiger partial charge on any atom is 0.261 e. The summed E-state index contributed by atoms with van der Waals surface area (Å²) >= 11 is 5.79. The number of carbonyl (C=O) groups excluding carboxylic acids is 1. The standard InChI is InChI=1S/C20H18ClN3O5S2/c1-22-30(26,27)18-12-8-16(9-13-18)23-20(25)14-2-10-19(11-3-14)31(28,29)24-17-6-4-15(21)5-7-17/h2-13,22,24H,1H3,(H,23,25). The predicted molar refractivity (Wildman–Crippen MR) is 119 cm³/mol. The van der Waals surface area contributed by atoms with Crippen molar-refractivity contribution in [3.8, 4) is 0 Å². The normalized spacial score (nSPS) is 11.7. The molecule has 0 spiro atoms. The molecule has 0 unspecified atom stereocenters. The molecule has 11 heteroatoms. The lowest BCUT2D eigenvalue weighted by atomic mass is 10.2. The second kappa shape index (κ2) is 9.06. The molecule has 3 rings (SSSR count). The number of rotatable bonds is 7. The van der Waals surface area contributed by atoms with Crippen LogP contribution in [-0.4, -0.2) is 29.8 Å². The first-order chi connectivity index (χ1) is 14.6. The van der Waals surface area contributed by atoms with Crippen LogP contribution < -0.4 is 14.8 Å².